The van der Waals surface area contributed by atoms with Gasteiger partial charge in [0.1, 0.15) is 0 Å². The lowest BCUT2D eigenvalue weighted by Gasteiger charge is -2.32. The highest BCUT2D eigenvalue weighted by Gasteiger charge is 2.27. The summed E-state index contributed by atoms with van der Waals surface area (Å²) >= 11 is 0. The number of guanidine groups is 1. The molecule has 0 aromatic heterocycles. The number of nitrogens with one attached hydrogen (secondary N) is 2. The first kappa shape index (κ1) is 23.2. The summed E-state index contributed by atoms with van der Waals surface area (Å²) in [4.78, 5) is 4.33. The normalized spacial score (nSPS) is 19.0. The molecule has 0 aliphatic carbocycles. The van der Waals surface area contributed by atoms with E-state index in [-0.39, 0.29) is 30.1 Å². The summed E-state index contributed by atoms with van der Waals surface area (Å²) in [6.07, 6.45) is 2.35. The molecule has 0 amide bonds. The van der Waals surface area contributed by atoms with Crippen LogP contribution in [0, 0.1) is 24.2 Å². The Labute approximate surface area is 190 Å². The highest BCUT2D eigenvalue weighted by molar-refractivity contribution is 14.0. The van der Waals surface area contributed by atoms with Gasteiger partial charge < -0.3 is 15.4 Å². The van der Waals surface area contributed by atoms with Crippen molar-refractivity contribution in [3.05, 3.63) is 70.8 Å². The van der Waals surface area contributed by atoms with Crippen molar-refractivity contribution in [2.24, 2.45) is 10.9 Å². The van der Waals surface area contributed by atoms with Gasteiger partial charge in [0.15, 0.2) is 5.96 Å². The van der Waals surface area contributed by atoms with E-state index in [0.717, 1.165) is 37.5 Å². The molecule has 2 unspecified atom stereocenters. The fourth-order valence-corrected chi connectivity index (χ4v) is 3.51. The van der Waals surface area contributed by atoms with Crippen LogP contribution in [0.3, 0.4) is 0 Å². The van der Waals surface area contributed by atoms with Gasteiger partial charge in [-0.15, -0.1) is 24.0 Å². The van der Waals surface area contributed by atoms with Gasteiger partial charge in [-0.25, -0.2) is 0 Å². The zero-order chi connectivity index (χ0) is 19.8. The Morgan fingerprint density at radius 1 is 1.14 bits per heavy atom. The summed E-state index contributed by atoms with van der Waals surface area (Å²) in [7, 11) is 1.78. The molecule has 1 aliphatic heterocycles. The van der Waals surface area contributed by atoms with E-state index in [1.807, 2.05) is 24.3 Å². The third kappa shape index (κ3) is 6.72. The molecule has 0 spiro atoms. The molecule has 29 heavy (non-hydrogen) atoms. The number of nitriles is 1. The molecule has 2 aromatic rings. The minimum atomic E-state index is 0. The first-order valence-electron chi connectivity index (χ1n) is 9.81. The number of rotatable bonds is 5. The SMILES string of the molecule is CN=C(NCc1ccc(C#N)cc1)NCC1CCCOC1c1ccc(C)cc1.I. The topological polar surface area (TPSA) is 69.4 Å². The lowest BCUT2D eigenvalue weighted by atomic mass is 9.89. The molecule has 0 bridgehead atoms. The predicted molar refractivity (Wildman–Crippen MR) is 127 cm³/mol. The van der Waals surface area contributed by atoms with E-state index in [1.54, 1.807) is 7.05 Å². The Kier molecular flexibility index (Phi) is 9.42. The maximum Gasteiger partial charge on any atom is 0.191 e. The fraction of sp³-hybridized carbons (Fsp3) is 0.391. The molecule has 0 radical (unpaired) electrons. The first-order valence-corrected chi connectivity index (χ1v) is 9.81. The van der Waals surface area contributed by atoms with Gasteiger partial charge in [0.2, 0.25) is 0 Å². The van der Waals surface area contributed by atoms with Gasteiger partial charge in [0.25, 0.3) is 0 Å². The van der Waals surface area contributed by atoms with Gasteiger partial charge in [-0.1, -0.05) is 42.0 Å². The summed E-state index contributed by atoms with van der Waals surface area (Å²) in [5.41, 5.74) is 4.30. The molecule has 5 nitrogen and oxygen atoms in total. The number of hydrogen-bond acceptors (Lipinski definition) is 3. The van der Waals surface area contributed by atoms with Crippen LogP contribution in [0.2, 0.25) is 0 Å². The van der Waals surface area contributed by atoms with Crippen molar-refractivity contribution in [2.45, 2.75) is 32.4 Å². The standard InChI is InChI=1S/C23H28N4O.HI/c1-17-5-11-20(12-6-17)22-21(4-3-13-28-22)16-27-23(25-2)26-15-19-9-7-18(14-24)8-10-19;/h5-12,21-22H,3-4,13,15-16H2,1-2H3,(H2,25,26,27);1H. The average Bonchev–Trinajstić information content (AvgIpc) is 2.75. The van der Waals surface area contributed by atoms with Crippen LogP contribution < -0.4 is 10.6 Å². The second-order valence-corrected chi connectivity index (χ2v) is 7.22. The van der Waals surface area contributed by atoms with Crippen LogP contribution >= 0.6 is 24.0 Å². The van der Waals surface area contributed by atoms with Crippen LogP contribution in [-0.2, 0) is 11.3 Å². The molecule has 3 rings (SSSR count). The highest BCUT2D eigenvalue weighted by Crippen LogP contribution is 2.33. The molecule has 6 heteroatoms. The Morgan fingerprint density at radius 2 is 1.86 bits per heavy atom. The van der Waals surface area contributed by atoms with E-state index in [2.05, 4.69) is 52.9 Å². The number of hydrogen-bond donors (Lipinski definition) is 2. The monoisotopic (exact) mass is 504 g/mol. The van der Waals surface area contributed by atoms with Crippen molar-refractivity contribution in [3.8, 4) is 6.07 Å². The van der Waals surface area contributed by atoms with E-state index in [4.69, 9.17) is 10.00 Å². The summed E-state index contributed by atoms with van der Waals surface area (Å²) in [6.45, 7) is 4.40. The molecule has 2 aromatic carbocycles. The van der Waals surface area contributed by atoms with Crippen LogP contribution in [0.4, 0.5) is 0 Å². The predicted octanol–water partition coefficient (Wildman–Crippen LogP) is 4.32. The van der Waals surface area contributed by atoms with Crippen molar-refractivity contribution >= 4 is 29.9 Å². The van der Waals surface area contributed by atoms with Crippen molar-refractivity contribution in [1.29, 1.82) is 5.26 Å². The van der Waals surface area contributed by atoms with Gasteiger partial charge in [-0.05, 0) is 43.0 Å². The van der Waals surface area contributed by atoms with Gasteiger partial charge >= 0.3 is 0 Å². The second kappa shape index (κ2) is 11.8. The molecule has 0 saturated carbocycles. The molecular formula is C23H29IN4O. The first-order chi connectivity index (χ1) is 13.7. The van der Waals surface area contributed by atoms with E-state index >= 15 is 0 Å². The zero-order valence-electron chi connectivity index (χ0n) is 17.0. The van der Waals surface area contributed by atoms with Crippen LogP contribution in [0.5, 0.6) is 0 Å². The zero-order valence-corrected chi connectivity index (χ0v) is 19.4. The number of nitrogens with zero attached hydrogens (tertiary/aromatic N) is 2. The summed E-state index contributed by atoms with van der Waals surface area (Å²) < 4.78 is 6.11. The van der Waals surface area contributed by atoms with Gasteiger partial charge in [-0.3, -0.25) is 4.99 Å². The number of aryl methyl sites for hydroxylation is 1. The molecular weight excluding hydrogens is 475 g/mol. The fourth-order valence-electron chi connectivity index (χ4n) is 3.51. The minimum Gasteiger partial charge on any atom is -0.373 e. The average molecular weight is 504 g/mol. The van der Waals surface area contributed by atoms with Crippen LogP contribution in [0.1, 0.15) is 41.2 Å². The third-order valence-corrected chi connectivity index (χ3v) is 5.15. The maximum atomic E-state index is 8.89. The van der Waals surface area contributed by atoms with Crippen LogP contribution in [0.15, 0.2) is 53.5 Å². The summed E-state index contributed by atoms with van der Waals surface area (Å²) in [5.74, 6) is 1.18. The Balaban J connectivity index is 0.00000300. The van der Waals surface area contributed by atoms with E-state index in [9.17, 15) is 0 Å². The van der Waals surface area contributed by atoms with Gasteiger partial charge in [-0.2, -0.15) is 5.26 Å². The largest absolute Gasteiger partial charge is 0.373 e. The Bertz CT molecular complexity index is 827. The Hall–Kier alpha value is -2.11. The van der Waals surface area contributed by atoms with E-state index in [0.29, 0.717) is 18.0 Å². The summed E-state index contributed by atoms with van der Waals surface area (Å²) in [5, 5.41) is 15.7. The molecule has 1 heterocycles. The van der Waals surface area contributed by atoms with Crippen molar-refractivity contribution in [2.75, 3.05) is 20.2 Å². The molecule has 2 atom stereocenters. The number of aliphatic imine (C=N–C) groups is 1. The lowest BCUT2D eigenvalue weighted by Crippen LogP contribution is -2.41. The molecule has 2 N–H and O–H groups in total. The van der Waals surface area contributed by atoms with Crippen molar-refractivity contribution in [3.63, 3.8) is 0 Å². The quantitative estimate of drug-likeness (QED) is 0.362. The number of ether oxygens (including phenoxy) is 1. The highest BCUT2D eigenvalue weighted by atomic mass is 127. The molecule has 1 aliphatic rings. The smallest absolute Gasteiger partial charge is 0.191 e. The minimum absolute atomic E-state index is 0. The molecule has 1 saturated heterocycles. The number of benzene rings is 2. The lowest BCUT2D eigenvalue weighted by molar-refractivity contribution is -0.0265. The van der Waals surface area contributed by atoms with Crippen molar-refractivity contribution < 1.29 is 4.74 Å². The Morgan fingerprint density at radius 3 is 2.52 bits per heavy atom. The third-order valence-electron chi connectivity index (χ3n) is 5.15. The molecule has 1 fully saturated rings. The summed E-state index contributed by atoms with van der Waals surface area (Å²) in [6, 6.07) is 18.4. The maximum absolute atomic E-state index is 8.89. The van der Waals surface area contributed by atoms with Crippen LogP contribution in [-0.4, -0.2) is 26.2 Å². The van der Waals surface area contributed by atoms with E-state index < -0.39 is 0 Å². The van der Waals surface area contributed by atoms with Crippen LogP contribution in [0.25, 0.3) is 0 Å². The van der Waals surface area contributed by atoms with Gasteiger partial charge in [0.05, 0.1) is 17.7 Å². The molecule has 154 valence electrons. The second-order valence-electron chi connectivity index (χ2n) is 7.22. The van der Waals surface area contributed by atoms with Crippen molar-refractivity contribution in [1.82, 2.24) is 10.6 Å². The van der Waals surface area contributed by atoms with E-state index in [1.165, 1.54) is 11.1 Å². The number of halogens is 1. The van der Waals surface area contributed by atoms with Gasteiger partial charge in [0, 0.05) is 32.7 Å².